The molecule has 1 aliphatic rings. The molecule has 0 fully saturated rings. The molecule has 164 valence electrons. The van der Waals surface area contributed by atoms with Crippen molar-refractivity contribution >= 4 is 23.5 Å². The Morgan fingerprint density at radius 2 is 1.55 bits per heavy atom. The molecule has 3 aromatic carbocycles. The first-order valence-electron chi connectivity index (χ1n) is 10.5. The summed E-state index contributed by atoms with van der Waals surface area (Å²) < 4.78 is 10.7. The third-order valence-electron chi connectivity index (χ3n) is 5.35. The van der Waals surface area contributed by atoms with E-state index in [4.69, 9.17) is 14.7 Å². The number of carbonyl (C=O) groups excluding carboxylic acids is 2. The molecule has 0 aromatic heterocycles. The predicted molar refractivity (Wildman–Crippen MR) is 124 cm³/mol. The zero-order valence-corrected chi connectivity index (χ0v) is 18.3. The SMILES string of the molecule is COc1ccc(CN2C(=O)/C(=C\c3ccc(OC(C)C#N)cc3)c3ccccc3C2=O)cc1. The lowest BCUT2D eigenvalue weighted by molar-refractivity contribution is -0.123. The smallest absolute Gasteiger partial charge is 0.261 e. The number of hydrogen-bond donors (Lipinski definition) is 0. The van der Waals surface area contributed by atoms with Crippen molar-refractivity contribution in [1.82, 2.24) is 4.90 Å². The second kappa shape index (κ2) is 9.41. The van der Waals surface area contributed by atoms with Crippen LogP contribution >= 0.6 is 0 Å². The van der Waals surface area contributed by atoms with Crippen LogP contribution in [-0.4, -0.2) is 29.9 Å². The van der Waals surface area contributed by atoms with E-state index in [1.165, 1.54) is 4.90 Å². The van der Waals surface area contributed by atoms with Gasteiger partial charge in [-0.05, 0) is 60.0 Å². The first-order valence-corrected chi connectivity index (χ1v) is 10.5. The fourth-order valence-electron chi connectivity index (χ4n) is 3.64. The number of amides is 2. The molecule has 0 spiro atoms. The second-order valence-corrected chi connectivity index (χ2v) is 7.61. The lowest BCUT2D eigenvalue weighted by atomic mass is 9.91. The third kappa shape index (κ3) is 4.63. The van der Waals surface area contributed by atoms with Crippen molar-refractivity contribution in [3.05, 3.63) is 95.1 Å². The molecule has 0 aliphatic carbocycles. The van der Waals surface area contributed by atoms with Gasteiger partial charge in [0, 0.05) is 11.1 Å². The number of hydrogen-bond acceptors (Lipinski definition) is 5. The fourth-order valence-corrected chi connectivity index (χ4v) is 3.64. The second-order valence-electron chi connectivity index (χ2n) is 7.61. The highest BCUT2D eigenvalue weighted by atomic mass is 16.5. The largest absolute Gasteiger partial charge is 0.497 e. The van der Waals surface area contributed by atoms with Crippen LogP contribution in [0.4, 0.5) is 0 Å². The summed E-state index contributed by atoms with van der Waals surface area (Å²) in [5, 5.41) is 8.91. The van der Waals surface area contributed by atoms with Gasteiger partial charge in [-0.15, -0.1) is 0 Å². The Balaban J connectivity index is 1.68. The van der Waals surface area contributed by atoms with Crippen molar-refractivity contribution in [1.29, 1.82) is 5.26 Å². The number of imide groups is 1. The number of fused-ring (bicyclic) bond motifs is 1. The van der Waals surface area contributed by atoms with Crippen LogP contribution in [0.15, 0.2) is 72.8 Å². The third-order valence-corrected chi connectivity index (χ3v) is 5.35. The standard InChI is InChI=1S/C27H22N2O4/c1-18(16-28)33-22-13-7-19(8-14-22)15-25-23-5-3-4-6-24(23)26(30)29(27(25)31)17-20-9-11-21(32-2)12-10-20/h3-15,18H,17H2,1-2H3/b25-15-. The minimum absolute atomic E-state index is 0.159. The lowest BCUT2D eigenvalue weighted by Crippen LogP contribution is -2.41. The van der Waals surface area contributed by atoms with Gasteiger partial charge in [-0.2, -0.15) is 5.26 Å². The van der Waals surface area contributed by atoms with Crippen LogP contribution in [-0.2, 0) is 11.3 Å². The van der Waals surface area contributed by atoms with Gasteiger partial charge in [-0.25, -0.2) is 0 Å². The van der Waals surface area contributed by atoms with Gasteiger partial charge in [0.25, 0.3) is 11.8 Å². The van der Waals surface area contributed by atoms with Crippen LogP contribution in [0.3, 0.4) is 0 Å². The van der Waals surface area contributed by atoms with Gasteiger partial charge in [0.05, 0.1) is 13.7 Å². The molecule has 0 N–H and O–H groups in total. The Labute approximate surface area is 192 Å². The van der Waals surface area contributed by atoms with E-state index in [9.17, 15) is 9.59 Å². The number of benzene rings is 3. The maximum Gasteiger partial charge on any atom is 0.261 e. The van der Waals surface area contributed by atoms with Crippen molar-refractivity contribution in [2.24, 2.45) is 0 Å². The van der Waals surface area contributed by atoms with E-state index in [2.05, 4.69) is 0 Å². The topological polar surface area (TPSA) is 79.6 Å². The van der Waals surface area contributed by atoms with Gasteiger partial charge < -0.3 is 9.47 Å². The summed E-state index contributed by atoms with van der Waals surface area (Å²) in [4.78, 5) is 27.8. The average Bonchev–Trinajstić information content (AvgIpc) is 2.85. The number of nitriles is 1. The molecule has 0 saturated heterocycles. The number of rotatable bonds is 6. The highest BCUT2D eigenvalue weighted by Crippen LogP contribution is 2.32. The Kier molecular flexibility index (Phi) is 6.23. The molecule has 3 aromatic rings. The van der Waals surface area contributed by atoms with Crippen molar-refractivity contribution in [3.8, 4) is 17.6 Å². The van der Waals surface area contributed by atoms with Gasteiger partial charge in [0.15, 0.2) is 6.10 Å². The van der Waals surface area contributed by atoms with Gasteiger partial charge in [-0.1, -0.05) is 42.5 Å². The molecule has 6 nitrogen and oxygen atoms in total. The number of nitrogens with zero attached hydrogens (tertiary/aromatic N) is 2. The zero-order valence-electron chi connectivity index (χ0n) is 18.3. The van der Waals surface area contributed by atoms with E-state index in [0.29, 0.717) is 28.2 Å². The van der Waals surface area contributed by atoms with Crippen LogP contribution < -0.4 is 9.47 Å². The molecule has 6 heteroatoms. The fraction of sp³-hybridized carbons (Fsp3) is 0.148. The van der Waals surface area contributed by atoms with Gasteiger partial charge in [-0.3, -0.25) is 14.5 Å². The lowest BCUT2D eigenvalue weighted by Gasteiger charge is -2.29. The first kappa shape index (κ1) is 21.8. The van der Waals surface area contributed by atoms with Gasteiger partial charge in [0.1, 0.15) is 17.6 Å². The summed E-state index contributed by atoms with van der Waals surface area (Å²) in [6.45, 7) is 1.83. The molecule has 0 saturated carbocycles. The van der Waals surface area contributed by atoms with Crippen LogP contribution in [0, 0.1) is 11.3 Å². The molecule has 1 atom stereocenters. The summed E-state index contributed by atoms with van der Waals surface area (Å²) in [5.41, 5.74) is 3.14. The summed E-state index contributed by atoms with van der Waals surface area (Å²) in [7, 11) is 1.59. The molecule has 1 unspecified atom stereocenters. The average molecular weight is 438 g/mol. The maximum atomic E-state index is 13.4. The molecule has 2 amide bonds. The predicted octanol–water partition coefficient (Wildman–Crippen LogP) is 4.71. The number of ether oxygens (including phenoxy) is 2. The highest BCUT2D eigenvalue weighted by Gasteiger charge is 2.34. The van der Waals surface area contributed by atoms with E-state index in [0.717, 1.165) is 11.1 Å². The Morgan fingerprint density at radius 1 is 0.909 bits per heavy atom. The Bertz CT molecular complexity index is 1250. The van der Waals surface area contributed by atoms with Crippen molar-refractivity contribution < 1.29 is 19.1 Å². The monoisotopic (exact) mass is 438 g/mol. The van der Waals surface area contributed by atoms with Crippen LogP contribution in [0.1, 0.15) is 34.0 Å². The van der Waals surface area contributed by atoms with Gasteiger partial charge >= 0.3 is 0 Å². The minimum Gasteiger partial charge on any atom is -0.497 e. The number of carbonyl (C=O) groups is 2. The molecule has 0 bridgehead atoms. The zero-order chi connectivity index (χ0) is 23.4. The van der Waals surface area contributed by atoms with E-state index in [1.54, 1.807) is 62.6 Å². The first-order chi connectivity index (χ1) is 16.0. The van der Waals surface area contributed by atoms with E-state index in [1.807, 2.05) is 36.4 Å². The molecule has 33 heavy (non-hydrogen) atoms. The van der Waals surface area contributed by atoms with Crippen LogP contribution in [0.2, 0.25) is 0 Å². The normalized spacial score (nSPS) is 15.1. The molecule has 1 aliphatic heterocycles. The van der Waals surface area contributed by atoms with Crippen LogP contribution in [0.5, 0.6) is 11.5 Å². The van der Waals surface area contributed by atoms with E-state index < -0.39 is 6.10 Å². The highest BCUT2D eigenvalue weighted by molar-refractivity contribution is 6.33. The minimum atomic E-state index is -0.557. The maximum absolute atomic E-state index is 13.4. The molecular weight excluding hydrogens is 416 g/mol. The van der Waals surface area contributed by atoms with Crippen molar-refractivity contribution in [3.63, 3.8) is 0 Å². The summed E-state index contributed by atoms with van der Waals surface area (Å²) in [6.07, 6.45) is 1.21. The molecule has 1 heterocycles. The molecule has 4 rings (SSSR count). The summed E-state index contributed by atoms with van der Waals surface area (Å²) in [5.74, 6) is 0.598. The van der Waals surface area contributed by atoms with Crippen molar-refractivity contribution in [2.75, 3.05) is 7.11 Å². The summed E-state index contributed by atoms with van der Waals surface area (Å²) >= 11 is 0. The Hall–Kier alpha value is -4.37. The number of methoxy groups -OCH3 is 1. The van der Waals surface area contributed by atoms with Crippen LogP contribution in [0.25, 0.3) is 11.6 Å². The summed E-state index contributed by atoms with van der Waals surface area (Å²) in [6, 6.07) is 23.5. The van der Waals surface area contributed by atoms with Crippen molar-refractivity contribution in [2.45, 2.75) is 19.6 Å². The molecule has 0 radical (unpaired) electrons. The van der Waals surface area contributed by atoms with E-state index in [-0.39, 0.29) is 18.4 Å². The van der Waals surface area contributed by atoms with E-state index >= 15 is 0 Å². The Morgan fingerprint density at radius 3 is 2.18 bits per heavy atom. The quantitative estimate of drug-likeness (QED) is 0.411. The van der Waals surface area contributed by atoms with Gasteiger partial charge in [0.2, 0.25) is 0 Å². The molecular formula is C27H22N2O4.